The number of ether oxygens (including phenoxy) is 2. The lowest BCUT2D eigenvalue weighted by Gasteiger charge is -2.13. The summed E-state index contributed by atoms with van der Waals surface area (Å²) in [5.41, 5.74) is 1.30. The molecule has 134 valence electrons. The second-order valence-corrected chi connectivity index (χ2v) is 6.07. The standard InChI is InChI=1S/C22H16O5/c1-25-20-10-14(12-23)6-8-18(20)26-13-16-11-21(24)27-19-9-7-15-4-2-3-5-17(15)22(16)19/h2-12H,13H2,1H3. The van der Waals surface area contributed by atoms with Gasteiger partial charge in [0.25, 0.3) is 0 Å². The van der Waals surface area contributed by atoms with Gasteiger partial charge in [-0.25, -0.2) is 4.79 Å². The van der Waals surface area contributed by atoms with Crippen LogP contribution in [0.4, 0.5) is 0 Å². The summed E-state index contributed by atoms with van der Waals surface area (Å²) in [5.74, 6) is 0.946. The number of hydrogen-bond donors (Lipinski definition) is 0. The van der Waals surface area contributed by atoms with Crippen LogP contribution in [0, 0.1) is 0 Å². The van der Waals surface area contributed by atoms with Crippen LogP contribution in [-0.4, -0.2) is 13.4 Å². The minimum absolute atomic E-state index is 0.160. The molecule has 0 N–H and O–H groups in total. The van der Waals surface area contributed by atoms with Gasteiger partial charge in [0.05, 0.1) is 7.11 Å². The summed E-state index contributed by atoms with van der Waals surface area (Å²) in [5, 5.41) is 2.88. The quantitative estimate of drug-likeness (QED) is 0.301. The predicted octanol–water partition coefficient (Wildman–Crippen LogP) is 4.35. The number of carbonyl (C=O) groups excluding carboxylic acids is 1. The highest BCUT2D eigenvalue weighted by molar-refractivity contribution is 6.07. The summed E-state index contributed by atoms with van der Waals surface area (Å²) < 4.78 is 16.6. The van der Waals surface area contributed by atoms with Crippen molar-refractivity contribution in [2.45, 2.75) is 6.61 Å². The number of methoxy groups -OCH3 is 1. The molecule has 0 aliphatic carbocycles. The summed E-state index contributed by atoms with van der Waals surface area (Å²) in [6.07, 6.45) is 0.744. The van der Waals surface area contributed by atoms with Crippen LogP contribution in [0.2, 0.25) is 0 Å². The van der Waals surface area contributed by atoms with Gasteiger partial charge in [-0.15, -0.1) is 0 Å². The molecule has 1 aromatic heterocycles. The SMILES string of the molecule is COc1cc(C=O)ccc1OCc1cc(=O)oc2ccc3ccccc3c12. The number of aldehydes is 1. The monoisotopic (exact) mass is 360 g/mol. The highest BCUT2D eigenvalue weighted by Gasteiger charge is 2.12. The van der Waals surface area contributed by atoms with Gasteiger partial charge >= 0.3 is 5.63 Å². The van der Waals surface area contributed by atoms with Crippen LogP contribution >= 0.6 is 0 Å². The molecule has 0 saturated heterocycles. The third-order valence-corrected chi connectivity index (χ3v) is 4.42. The maximum atomic E-state index is 12.0. The van der Waals surface area contributed by atoms with Crippen molar-refractivity contribution < 1.29 is 18.7 Å². The maximum absolute atomic E-state index is 12.0. The zero-order valence-electron chi connectivity index (χ0n) is 14.6. The van der Waals surface area contributed by atoms with E-state index in [9.17, 15) is 9.59 Å². The van der Waals surface area contributed by atoms with Gasteiger partial charge in [0, 0.05) is 22.6 Å². The smallest absolute Gasteiger partial charge is 0.336 e. The largest absolute Gasteiger partial charge is 0.493 e. The molecular weight excluding hydrogens is 344 g/mol. The number of benzene rings is 3. The normalized spacial score (nSPS) is 10.9. The van der Waals surface area contributed by atoms with Gasteiger partial charge in [-0.05, 0) is 35.0 Å². The van der Waals surface area contributed by atoms with Crippen molar-refractivity contribution in [3.63, 3.8) is 0 Å². The van der Waals surface area contributed by atoms with Crippen LogP contribution < -0.4 is 15.1 Å². The summed E-state index contributed by atoms with van der Waals surface area (Å²) in [7, 11) is 1.51. The summed E-state index contributed by atoms with van der Waals surface area (Å²) >= 11 is 0. The Kier molecular flexibility index (Phi) is 4.34. The minimum atomic E-state index is -0.431. The van der Waals surface area contributed by atoms with E-state index in [2.05, 4.69) is 0 Å². The second kappa shape index (κ2) is 6.96. The van der Waals surface area contributed by atoms with Crippen molar-refractivity contribution >= 4 is 28.0 Å². The fourth-order valence-electron chi connectivity index (χ4n) is 3.17. The molecule has 0 unspecified atom stereocenters. The molecule has 0 aliphatic rings. The van der Waals surface area contributed by atoms with Crippen LogP contribution in [0.15, 0.2) is 69.9 Å². The average Bonchev–Trinajstić information content (AvgIpc) is 2.71. The van der Waals surface area contributed by atoms with Gasteiger partial charge in [-0.3, -0.25) is 4.79 Å². The first kappa shape index (κ1) is 16.8. The van der Waals surface area contributed by atoms with E-state index >= 15 is 0 Å². The van der Waals surface area contributed by atoms with E-state index in [0.29, 0.717) is 22.6 Å². The zero-order chi connectivity index (χ0) is 18.8. The second-order valence-electron chi connectivity index (χ2n) is 6.07. The molecule has 1 heterocycles. The Balaban J connectivity index is 1.79. The first-order valence-electron chi connectivity index (χ1n) is 8.40. The van der Waals surface area contributed by atoms with Gasteiger partial charge in [-0.1, -0.05) is 30.3 Å². The number of carbonyl (C=O) groups is 1. The van der Waals surface area contributed by atoms with E-state index in [1.807, 2.05) is 30.3 Å². The van der Waals surface area contributed by atoms with Crippen LogP contribution in [-0.2, 0) is 6.61 Å². The highest BCUT2D eigenvalue weighted by atomic mass is 16.5. The van der Waals surface area contributed by atoms with Crippen molar-refractivity contribution in [1.29, 1.82) is 0 Å². The van der Waals surface area contributed by atoms with E-state index in [4.69, 9.17) is 13.9 Å². The van der Waals surface area contributed by atoms with Gasteiger partial charge in [0.15, 0.2) is 11.5 Å². The molecule has 0 amide bonds. The maximum Gasteiger partial charge on any atom is 0.336 e. The molecule has 0 spiro atoms. The topological polar surface area (TPSA) is 65.7 Å². The molecule has 27 heavy (non-hydrogen) atoms. The first-order valence-corrected chi connectivity index (χ1v) is 8.40. The van der Waals surface area contributed by atoms with E-state index < -0.39 is 5.63 Å². The van der Waals surface area contributed by atoms with Crippen molar-refractivity contribution in [2.24, 2.45) is 0 Å². The Hall–Kier alpha value is -3.60. The van der Waals surface area contributed by atoms with Crippen LogP contribution in [0.5, 0.6) is 11.5 Å². The molecule has 4 rings (SSSR count). The molecule has 0 fully saturated rings. The van der Waals surface area contributed by atoms with E-state index in [0.717, 1.165) is 28.0 Å². The van der Waals surface area contributed by atoms with E-state index in [1.165, 1.54) is 13.2 Å². The number of hydrogen-bond acceptors (Lipinski definition) is 5. The fraction of sp³-hybridized carbons (Fsp3) is 0.0909. The van der Waals surface area contributed by atoms with E-state index in [-0.39, 0.29) is 6.61 Å². The van der Waals surface area contributed by atoms with Gasteiger partial charge in [0.2, 0.25) is 0 Å². The van der Waals surface area contributed by atoms with Crippen LogP contribution in [0.1, 0.15) is 15.9 Å². The van der Waals surface area contributed by atoms with E-state index in [1.54, 1.807) is 24.3 Å². The average molecular weight is 360 g/mol. The fourth-order valence-corrected chi connectivity index (χ4v) is 3.17. The number of rotatable bonds is 5. The molecule has 5 heteroatoms. The Morgan fingerprint density at radius 3 is 2.67 bits per heavy atom. The minimum Gasteiger partial charge on any atom is -0.493 e. The third-order valence-electron chi connectivity index (χ3n) is 4.42. The molecule has 0 bridgehead atoms. The van der Waals surface area contributed by atoms with Crippen molar-refractivity contribution in [3.05, 3.63) is 82.2 Å². The van der Waals surface area contributed by atoms with Crippen molar-refractivity contribution in [2.75, 3.05) is 7.11 Å². The molecule has 0 aliphatic heterocycles. The van der Waals surface area contributed by atoms with Gasteiger partial charge in [0.1, 0.15) is 18.5 Å². The Bertz CT molecular complexity index is 1210. The Morgan fingerprint density at radius 2 is 1.85 bits per heavy atom. The lowest BCUT2D eigenvalue weighted by Crippen LogP contribution is -2.05. The zero-order valence-corrected chi connectivity index (χ0v) is 14.6. The molecule has 0 atom stereocenters. The molecule has 4 aromatic rings. The Morgan fingerprint density at radius 1 is 1.00 bits per heavy atom. The van der Waals surface area contributed by atoms with Gasteiger partial charge < -0.3 is 13.9 Å². The van der Waals surface area contributed by atoms with Crippen LogP contribution in [0.25, 0.3) is 21.7 Å². The lowest BCUT2D eigenvalue weighted by molar-refractivity contribution is 0.112. The highest BCUT2D eigenvalue weighted by Crippen LogP contribution is 2.31. The predicted molar refractivity (Wildman–Crippen MR) is 103 cm³/mol. The summed E-state index contributed by atoms with van der Waals surface area (Å²) in [4.78, 5) is 22.9. The van der Waals surface area contributed by atoms with Crippen molar-refractivity contribution in [1.82, 2.24) is 0 Å². The third kappa shape index (κ3) is 3.15. The lowest BCUT2D eigenvalue weighted by atomic mass is 10.0. The molecule has 3 aromatic carbocycles. The molecular formula is C22H16O5. The molecule has 5 nitrogen and oxygen atoms in total. The van der Waals surface area contributed by atoms with Crippen LogP contribution in [0.3, 0.4) is 0 Å². The summed E-state index contributed by atoms with van der Waals surface area (Å²) in [6.45, 7) is 0.160. The first-order chi connectivity index (χ1) is 13.2. The molecule has 0 saturated carbocycles. The molecule has 0 radical (unpaired) electrons. The Labute approximate surface area is 154 Å². The number of fused-ring (bicyclic) bond motifs is 3. The van der Waals surface area contributed by atoms with Crippen molar-refractivity contribution in [3.8, 4) is 11.5 Å². The van der Waals surface area contributed by atoms with Gasteiger partial charge in [-0.2, -0.15) is 0 Å². The summed E-state index contributed by atoms with van der Waals surface area (Å²) in [6, 6.07) is 18.0.